The van der Waals surface area contributed by atoms with Gasteiger partial charge in [0.15, 0.2) is 0 Å². The van der Waals surface area contributed by atoms with E-state index in [1.807, 2.05) is 25.1 Å². The normalized spacial score (nSPS) is 16.5. The van der Waals surface area contributed by atoms with E-state index in [1.165, 1.54) is 5.56 Å². The molecule has 0 aromatic heterocycles. The van der Waals surface area contributed by atoms with Gasteiger partial charge in [0.2, 0.25) is 5.91 Å². The molecule has 2 aromatic carbocycles. The molecule has 1 N–H and O–H groups in total. The molecule has 1 aliphatic rings. The number of carbonyl (C=O) groups excluding carboxylic acids is 1. The van der Waals surface area contributed by atoms with Crippen LogP contribution < -0.4 is 5.32 Å². The quantitative estimate of drug-likeness (QED) is 0.861. The lowest BCUT2D eigenvalue weighted by Gasteiger charge is -2.37. The first-order valence-electron chi connectivity index (χ1n) is 9.07. The van der Waals surface area contributed by atoms with Crippen LogP contribution in [0.25, 0.3) is 0 Å². The highest BCUT2D eigenvalue weighted by Crippen LogP contribution is 2.16. The average molecular weight is 383 g/mol. The SMILES string of the molecule is CC(C(=O)Nc1ccccc1C#N)N1CCN(Cc2ccc(Cl)cc2)CC1. The molecule has 0 bridgehead atoms. The topological polar surface area (TPSA) is 59.4 Å². The van der Waals surface area contributed by atoms with E-state index >= 15 is 0 Å². The first kappa shape index (κ1) is 19.4. The predicted molar refractivity (Wildman–Crippen MR) is 108 cm³/mol. The van der Waals surface area contributed by atoms with E-state index in [-0.39, 0.29) is 11.9 Å². The summed E-state index contributed by atoms with van der Waals surface area (Å²) in [5, 5.41) is 12.8. The van der Waals surface area contributed by atoms with Crippen molar-refractivity contribution in [3.63, 3.8) is 0 Å². The van der Waals surface area contributed by atoms with Crippen molar-refractivity contribution in [2.75, 3.05) is 31.5 Å². The zero-order valence-corrected chi connectivity index (χ0v) is 16.1. The molecule has 0 radical (unpaired) electrons. The van der Waals surface area contributed by atoms with E-state index in [0.29, 0.717) is 11.3 Å². The average Bonchev–Trinajstić information content (AvgIpc) is 2.70. The molecule has 0 saturated carbocycles. The number of anilines is 1. The second-order valence-corrected chi connectivity index (χ2v) is 7.20. The summed E-state index contributed by atoms with van der Waals surface area (Å²) in [5.41, 5.74) is 2.29. The van der Waals surface area contributed by atoms with Gasteiger partial charge in [-0.05, 0) is 36.8 Å². The molecule has 1 heterocycles. The summed E-state index contributed by atoms with van der Waals surface area (Å²) >= 11 is 5.94. The number of halogens is 1. The molecule has 1 unspecified atom stereocenters. The third kappa shape index (κ3) is 5.08. The number of amides is 1. The van der Waals surface area contributed by atoms with Crippen LogP contribution in [0.2, 0.25) is 5.02 Å². The van der Waals surface area contributed by atoms with Crippen molar-refractivity contribution in [2.24, 2.45) is 0 Å². The van der Waals surface area contributed by atoms with Gasteiger partial charge in [0.05, 0.1) is 17.3 Å². The van der Waals surface area contributed by atoms with E-state index in [4.69, 9.17) is 16.9 Å². The number of nitrogens with zero attached hydrogens (tertiary/aromatic N) is 3. The largest absolute Gasteiger partial charge is 0.324 e. The fourth-order valence-electron chi connectivity index (χ4n) is 3.25. The van der Waals surface area contributed by atoms with Gasteiger partial charge in [-0.15, -0.1) is 0 Å². The molecule has 27 heavy (non-hydrogen) atoms. The van der Waals surface area contributed by atoms with E-state index in [1.54, 1.807) is 18.2 Å². The molecule has 1 amide bonds. The van der Waals surface area contributed by atoms with Gasteiger partial charge >= 0.3 is 0 Å². The van der Waals surface area contributed by atoms with Gasteiger partial charge < -0.3 is 5.32 Å². The van der Waals surface area contributed by atoms with E-state index < -0.39 is 0 Å². The number of rotatable bonds is 5. The van der Waals surface area contributed by atoms with Crippen LogP contribution in [0.3, 0.4) is 0 Å². The summed E-state index contributed by atoms with van der Waals surface area (Å²) in [6.07, 6.45) is 0. The Balaban J connectivity index is 1.52. The Kier molecular flexibility index (Phi) is 6.46. The molecule has 1 saturated heterocycles. The zero-order chi connectivity index (χ0) is 19.2. The number of piperazine rings is 1. The highest BCUT2D eigenvalue weighted by Gasteiger charge is 2.26. The highest BCUT2D eigenvalue weighted by molar-refractivity contribution is 6.30. The Morgan fingerprint density at radius 2 is 1.81 bits per heavy atom. The number of benzene rings is 2. The summed E-state index contributed by atoms with van der Waals surface area (Å²) in [6, 6.07) is 16.9. The molecule has 3 rings (SSSR count). The van der Waals surface area contributed by atoms with Gasteiger partial charge in [-0.2, -0.15) is 5.26 Å². The van der Waals surface area contributed by atoms with E-state index in [9.17, 15) is 4.79 Å². The fourth-order valence-corrected chi connectivity index (χ4v) is 3.38. The fraction of sp³-hybridized carbons (Fsp3) is 0.333. The van der Waals surface area contributed by atoms with Crippen LogP contribution in [0.1, 0.15) is 18.1 Å². The maximum atomic E-state index is 12.6. The molecular weight excluding hydrogens is 360 g/mol. The predicted octanol–water partition coefficient (Wildman–Crippen LogP) is 3.36. The van der Waals surface area contributed by atoms with Crippen molar-refractivity contribution in [1.82, 2.24) is 9.80 Å². The van der Waals surface area contributed by atoms with Gasteiger partial charge in [-0.25, -0.2) is 0 Å². The van der Waals surface area contributed by atoms with Crippen molar-refractivity contribution in [1.29, 1.82) is 5.26 Å². The van der Waals surface area contributed by atoms with Crippen LogP contribution in [-0.2, 0) is 11.3 Å². The van der Waals surface area contributed by atoms with E-state index in [2.05, 4.69) is 33.3 Å². The minimum absolute atomic E-state index is 0.0798. The molecule has 140 valence electrons. The standard InChI is InChI=1S/C21H23ClN4O/c1-16(21(27)24-20-5-3-2-4-18(20)14-23)26-12-10-25(11-13-26)15-17-6-8-19(22)9-7-17/h2-9,16H,10-13,15H2,1H3,(H,24,27). The molecule has 5 nitrogen and oxygen atoms in total. The maximum absolute atomic E-state index is 12.6. The van der Waals surface area contributed by atoms with Crippen LogP contribution in [0.4, 0.5) is 5.69 Å². The number of nitriles is 1. The Bertz CT molecular complexity index is 823. The third-order valence-electron chi connectivity index (χ3n) is 4.96. The molecule has 0 aliphatic carbocycles. The Hall–Kier alpha value is -2.39. The van der Waals surface area contributed by atoms with Gasteiger partial charge in [0, 0.05) is 37.7 Å². The summed E-state index contributed by atoms with van der Waals surface area (Å²) < 4.78 is 0. The third-order valence-corrected chi connectivity index (χ3v) is 5.21. The number of carbonyl (C=O) groups is 1. The van der Waals surface area contributed by atoms with Crippen LogP contribution in [-0.4, -0.2) is 47.9 Å². The minimum Gasteiger partial charge on any atom is -0.324 e. The summed E-state index contributed by atoms with van der Waals surface area (Å²) in [5.74, 6) is -0.0798. The lowest BCUT2D eigenvalue weighted by atomic mass is 10.1. The first-order chi connectivity index (χ1) is 13.1. The smallest absolute Gasteiger partial charge is 0.241 e. The van der Waals surface area contributed by atoms with Crippen LogP contribution in [0, 0.1) is 11.3 Å². The molecule has 1 aliphatic heterocycles. The number of nitrogens with one attached hydrogen (secondary N) is 1. The second-order valence-electron chi connectivity index (χ2n) is 6.76. The number of hydrogen-bond donors (Lipinski definition) is 1. The number of hydrogen-bond acceptors (Lipinski definition) is 4. The van der Waals surface area contributed by atoms with Crippen molar-refractivity contribution in [2.45, 2.75) is 19.5 Å². The summed E-state index contributed by atoms with van der Waals surface area (Å²) in [6.45, 7) is 6.30. The maximum Gasteiger partial charge on any atom is 0.241 e. The second kappa shape index (κ2) is 9.01. The monoisotopic (exact) mass is 382 g/mol. The molecule has 0 spiro atoms. The van der Waals surface area contributed by atoms with Crippen molar-refractivity contribution in [3.05, 3.63) is 64.7 Å². The molecular formula is C21H23ClN4O. The van der Waals surface area contributed by atoms with Crippen LogP contribution >= 0.6 is 11.6 Å². The van der Waals surface area contributed by atoms with Crippen LogP contribution in [0.5, 0.6) is 0 Å². The number of para-hydroxylation sites is 1. The molecule has 2 aromatic rings. The lowest BCUT2D eigenvalue weighted by Crippen LogP contribution is -2.52. The molecule has 6 heteroatoms. The Morgan fingerprint density at radius 3 is 2.48 bits per heavy atom. The molecule has 1 atom stereocenters. The Morgan fingerprint density at radius 1 is 1.15 bits per heavy atom. The van der Waals surface area contributed by atoms with E-state index in [0.717, 1.165) is 37.7 Å². The van der Waals surface area contributed by atoms with Gasteiger partial charge in [0.25, 0.3) is 0 Å². The van der Waals surface area contributed by atoms with Crippen molar-refractivity contribution < 1.29 is 4.79 Å². The zero-order valence-electron chi connectivity index (χ0n) is 15.4. The van der Waals surface area contributed by atoms with Gasteiger partial charge in [0.1, 0.15) is 6.07 Å². The minimum atomic E-state index is -0.241. The first-order valence-corrected chi connectivity index (χ1v) is 9.45. The Labute approximate surface area is 165 Å². The van der Waals surface area contributed by atoms with Crippen molar-refractivity contribution >= 4 is 23.2 Å². The van der Waals surface area contributed by atoms with Crippen LogP contribution in [0.15, 0.2) is 48.5 Å². The van der Waals surface area contributed by atoms with Gasteiger partial charge in [-0.1, -0.05) is 35.9 Å². The molecule has 1 fully saturated rings. The van der Waals surface area contributed by atoms with Crippen molar-refractivity contribution in [3.8, 4) is 6.07 Å². The van der Waals surface area contributed by atoms with Gasteiger partial charge in [-0.3, -0.25) is 14.6 Å². The lowest BCUT2D eigenvalue weighted by molar-refractivity contribution is -0.121. The highest BCUT2D eigenvalue weighted by atomic mass is 35.5. The summed E-state index contributed by atoms with van der Waals surface area (Å²) in [7, 11) is 0. The summed E-state index contributed by atoms with van der Waals surface area (Å²) in [4.78, 5) is 17.2.